The van der Waals surface area contributed by atoms with E-state index in [1.54, 1.807) is 12.1 Å². The number of amides is 1. The number of nitrogens with zero attached hydrogens (tertiary/aromatic N) is 1. The van der Waals surface area contributed by atoms with Gasteiger partial charge in [0.15, 0.2) is 0 Å². The summed E-state index contributed by atoms with van der Waals surface area (Å²) in [5, 5.41) is 2.82. The minimum absolute atomic E-state index is 0.0200. The van der Waals surface area contributed by atoms with Crippen molar-refractivity contribution in [1.29, 1.82) is 0 Å². The second-order valence-corrected chi connectivity index (χ2v) is 7.09. The molecule has 1 aromatic carbocycles. The second kappa shape index (κ2) is 6.82. The van der Waals surface area contributed by atoms with Crippen molar-refractivity contribution in [3.05, 3.63) is 35.6 Å². The van der Waals surface area contributed by atoms with Crippen LogP contribution in [0.25, 0.3) is 0 Å². The molecule has 3 aliphatic rings. The van der Waals surface area contributed by atoms with Crippen molar-refractivity contribution < 1.29 is 13.9 Å². The van der Waals surface area contributed by atoms with E-state index in [-0.39, 0.29) is 11.9 Å². The average Bonchev–Trinajstić information content (AvgIpc) is 2.55. The summed E-state index contributed by atoms with van der Waals surface area (Å²) in [7, 11) is 0. The Hall–Kier alpha value is -2.06. The lowest BCUT2D eigenvalue weighted by atomic mass is 9.86. The van der Waals surface area contributed by atoms with Gasteiger partial charge in [0.2, 0.25) is 0 Å². The summed E-state index contributed by atoms with van der Waals surface area (Å²) in [6.07, 6.45) is 1.76. The molecule has 0 aromatic heterocycles. The molecule has 2 bridgehead atoms. The van der Waals surface area contributed by atoms with Crippen LogP contribution in [0, 0.1) is 23.6 Å². The van der Waals surface area contributed by atoms with Crippen molar-refractivity contribution >= 4 is 6.09 Å². The molecule has 4 rings (SSSR count). The molecular formula is C19H23FN2O2. The predicted molar refractivity (Wildman–Crippen MR) is 89.9 cm³/mol. The van der Waals surface area contributed by atoms with Crippen molar-refractivity contribution in [1.82, 2.24) is 10.2 Å². The highest BCUT2D eigenvalue weighted by atomic mass is 19.1. The molecule has 1 atom stereocenters. The summed E-state index contributed by atoms with van der Waals surface area (Å²) >= 11 is 0. The molecule has 5 heteroatoms. The molecule has 3 saturated heterocycles. The zero-order chi connectivity index (χ0) is 17.2. The first kappa shape index (κ1) is 16.8. The number of fused-ring (bicyclic) bond motifs is 3. The van der Waals surface area contributed by atoms with Crippen LogP contribution in [0.2, 0.25) is 0 Å². The molecule has 0 saturated carbocycles. The Bertz CT molecular complexity index is 652. The summed E-state index contributed by atoms with van der Waals surface area (Å²) in [6, 6.07) is 5.96. The molecule has 0 radical (unpaired) electrons. The van der Waals surface area contributed by atoms with E-state index in [0.29, 0.717) is 11.5 Å². The lowest BCUT2D eigenvalue weighted by Gasteiger charge is -2.44. The third-order valence-electron chi connectivity index (χ3n) is 4.63. The van der Waals surface area contributed by atoms with Crippen LogP contribution >= 0.6 is 0 Å². The maximum absolute atomic E-state index is 12.9. The molecule has 0 aliphatic carbocycles. The van der Waals surface area contributed by atoms with Crippen molar-refractivity contribution in [2.24, 2.45) is 5.92 Å². The molecule has 1 N–H and O–H groups in total. The Labute approximate surface area is 142 Å². The zero-order valence-electron chi connectivity index (χ0n) is 14.1. The molecule has 128 valence electrons. The lowest BCUT2D eigenvalue weighted by molar-refractivity contribution is -0.0342. The smallest absolute Gasteiger partial charge is 0.408 e. The molecule has 1 amide bonds. The summed E-state index contributed by atoms with van der Waals surface area (Å²) in [5.74, 6) is 6.14. The Morgan fingerprint density at radius 2 is 1.96 bits per heavy atom. The van der Waals surface area contributed by atoms with E-state index in [4.69, 9.17) is 4.74 Å². The summed E-state index contributed by atoms with van der Waals surface area (Å²) in [5.41, 5.74) is -0.0172. The fourth-order valence-corrected chi connectivity index (χ4v) is 3.26. The van der Waals surface area contributed by atoms with Crippen LogP contribution in [0.15, 0.2) is 24.3 Å². The van der Waals surface area contributed by atoms with Crippen LogP contribution in [-0.2, 0) is 4.74 Å². The minimum atomic E-state index is -0.723. The van der Waals surface area contributed by atoms with Crippen LogP contribution < -0.4 is 5.32 Å². The van der Waals surface area contributed by atoms with Crippen molar-refractivity contribution in [3.8, 4) is 11.8 Å². The number of ether oxygens (including phenoxy) is 1. The average molecular weight is 330 g/mol. The lowest BCUT2D eigenvalue weighted by Crippen LogP contribution is -2.53. The van der Waals surface area contributed by atoms with Gasteiger partial charge in [0, 0.05) is 12.1 Å². The van der Waals surface area contributed by atoms with Crippen molar-refractivity contribution in [3.63, 3.8) is 0 Å². The van der Waals surface area contributed by atoms with E-state index in [2.05, 4.69) is 22.1 Å². The van der Waals surface area contributed by atoms with Crippen LogP contribution in [0.1, 0.15) is 32.3 Å². The molecule has 1 unspecified atom stereocenters. The number of nitrogens with one attached hydrogen (secondary N) is 1. The number of rotatable bonds is 2. The maximum atomic E-state index is 12.9. The first-order valence-electron chi connectivity index (χ1n) is 8.41. The van der Waals surface area contributed by atoms with Crippen molar-refractivity contribution in [2.45, 2.75) is 38.3 Å². The fraction of sp³-hybridized carbons (Fsp3) is 0.526. The highest BCUT2D eigenvalue weighted by Crippen LogP contribution is 2.29. The highest BCUT2D eigenvalue weighted by Gasteiger charge is 2.37. The quantitative estimate of drug-likeness (QED) is 0.848. The highest BCUT2D eigenvalue weighted by molar-refractivity contribution is 5.69. The van der Waals surface area contributed by atoms with Crippen LogP contribution in [-0.4, -0.2) is 42.3 Å². The van der Waals surface area contributed by atoms with Gasteiger partial charge in [-0.25, -0.2) is 9.18 Å². The molecule has 1 aromatic rings. The summed E-state index contributed by atoms with van der Waals surface area (Å²) in [4.78, 5) is 14.5. The second-order valence-electron chi connectivity index (χ2n) is 7.09. The van der Waals surface area contributed by atoms with Gasteiger partial charge in [-0.05, 0) is 70.0 Å². The Kier molecular flexibility index (Phi) is 4.77. The van der Waals surface area contributed by atoms with Crippen LogP contribution in [0.3, 0.4) is 0 Å². The third-order valence-corrected chi connectivity index (χ3v) is 4.63. The normalized spacial score (nSPS) is 25.5. The number of carbonyl (C=O) groups excluding carboxylic acids is 1. The zero-order valence-corrected chi connectivity index (χ0v) is 14.1. The molecular weight excluding hydrogens is 307 g/mol. The number of hydrogen-bond acceptors (Lipinski definition) is 3. The van der Waals surface area contributed by atoms with Gasteiger partial charge in [-0.3, -0.25) is 4.90 Å². The number of hydrogen-bond donors (Lipinski definition) is 1. The van der Waals surface area contributed by atoms with E-state index < -0.39 is 11.6 Å². The van der Waals surface area contributed by atoms with Crippen LogP contribution in [0.5, 0.6) is 0 Å². The Morgan fingerprint density at radius 3 is 2.54 bits per heavy atom. The fourth-order valence-electron chi connectivity index (χ4n) is 3.26. The first-order valence-corrected chi connectivity index (χ1v) is 8.41. The number of halogens is 1. The van der Waals surface area contributed by atoms with E-state index in [9.17, 15) is 9.18 Å². The van der Waals surface area contributed by atoms with Gasteiger partial charge in [0.1, 0.15) is 11.9 Å². The van der Waals surface area contributed by atoms with Gasteiger partial charge < -0.3 is 10.1 Å². The molecule has 4 nitrogen and oxygen atoms in total. The molecule has 24 heavy (non-hydrogen) atoms. The number of carbonyl (C=O) groups is 1. The van der Waals surface area contributed by atoms with Gasteiger partial charge in [-0.1, -0.05) is 11.8 Å². The first-order chi connectivity index (χ1) is 11.4. The predicted octanol–water partition coefficient (Wildman–Crippen LogP) is 2.78. The van der Waals surface area contributed by atoms with E-state index in [1.165, 1.54) is 12.1 Å². The van der Waals surface area contributed by atoms with Gasteiger partial charge in [0.25, 0.3) is 0 Å². The molecule has 0 spiro atoms. The molecule has 3 heterocycles. The third kappa shape index (κ3) is 4.27. The van der Waals surface area contributed by atoms with Gasteiger partial charge in [0.05, 0.1) is 5.54 Å². The summed E-state index contributed by atoms with van der Waals surface area (Å²) < 4.78 is 18.5. The number of piperidine rings is 3. The standard InChI is InChI=1S/C19H23FN2O2/c1-19(2,10-7-14-3-5-16(20)6-4-14)21-18(23)24-17-13-22-11-8-15(17)9-12-22/h3-6,15,17H,8-9,11-13H2,1-2H3,(H,21,23). The number of benzene rings is 1. The van der Waals surface area contributed by atoms with Crippen LogP contribution in [0.4, 0.5) is 9.18 Å². The molecule has 3 fully saturated rings. The SMILES string of the molecule is CC(C)(C#Cc1ccc(F)cc1)NC(=O)OC1CN2CCC1CC2. The summed E-state index contributed by atoms with van der Waals surface area (Å²) in [6.45, 7) is 6.70. The maximum Gasteiger partial charge on any atom is 0.408 e. The van der Waals surface area contributed by atoms with Gasteiger partial charge in [-0.2, -0.15) is 0 Å². The largest absolute Gasteiger partial charge is 0.445 e. The van der Waals surface area contributed by atoms with Crippen molar-refractivity contribution in [2.75, 3.05) is 19.6 Å². The Morgan fingerprint density at radius 1 is 1.29 bits per heavy atom. The minimum Gasteiger partial charge on any atom is -0.445 e. The van der Waals surface area contributed by atoms with E-state index in [1.807, 2.05) is 13.8 Å². The topological polar surface area (TPSA) is 41.6 Å². The van der Waals surface area contributed by atoms with Gasteiger partial charge in [-0.15, -0.1) is 0 Å². The monoisotopic (exact) mass is 330 g/mol. The van der Waals surface area contributed by atoms with Gasteiger partial charge >= 0.3 is 6.09 Å². The van der Waals surface area contributed by atoms with E-state index >= 15 is 0 Å². The number of alkyl carbamates (subject to hydrolysis) is 1. The van der Waals surface area contributed by atoms with E-state index in [0.717, 1.165) is 32.5 Å². The Balaban J connectivity index is 1.56. The molecule has 3 aliphatic heterocycles.